The molecule has 0 N–H and O–H groups in total. The number of aromatic nitrogens is 3. The van der Waals surface area contributed by atoms with E-state index >= 15 is 0 Å². The molecule has 0 radical (unpaired) electrons. The molecule has 0 bridgehead atoms. The molecular weight excluding hydrogens is 262 g/mol. The molecule has 0 aliphatic rings. The molecule has 0 amide bonds. The van der Waals surface area contributed by atoms with E-state index in [4.69, 9.17) is 11.6 Å². The van der Waals surface area contributed by atoms with Crippen LogP contribution in [0.5, 0.6) is 0 Å². The number of aldehydes is 1. The minimum Gasteiger partial charge on any atom is -0.339 e. The third-order valence-electron chi connectivity index (χ3n) is 3.29. The first-order valence-electron chi connectivity index (χ1n) is 5.90. The predicted octanol–water partition coefficient (Wildman–Crippen LogP) is 2.89. The molecule has 0 fully saturated rings. The Labute approximate surface area is 115 Å². The van der Waals surface area contributed by atoms with E-state index in [0.717, 1.165) is 23.0 Å². The first kappa shape index (κ1) is 12.0. The van der Waals surface area contributed by atoms with Gasteiger partial charge in [0.2, 0.25) is 0 Å². The maximum absolute atomic E-state index is 11.1. The summed E-state index contributed by atoms with van der Waals surface area (Å²) >= 11 is 5.98. The summed E-state index contributed by atoms with van der Waals surface area (Å²) in [4.78, 5) is 15.4. The van der Waals surface area contributed by atoms with Crippen molar-refractivity contribution in [1.82, 2.24) is 14.1 Å². The van der Waals surface area contributed by atoms with Crippen LogP contribution in [0.1, 0.15) is 16.2 Å². The molecule has 0 aliphatic heterocycles. The first-order chi connectivity index (χ1) is 9.20. The molecule has 0 saturated carbocycles. The van der Waals surface area contributed by atoms with Gasteiger partial charge in [0.05, 0.1) is 18.3 Å². The van der Waals surface area contributed by atoms with E-state index in [-0.39, 0.29) is 0 Å². The topological polar surface area (TPSA) is 39.8 Å². The standard InChI is InChI=1S/C14H12ClN3O/c1-17-12(15)7-16-13(17)8-18-6-5-10-3-2-4-11(9-19)14(10)18/h2-7,9H,8H2,1H3. The summed E-state index contributed by atoms with van der Waals surface area (Å²) in [5.74, 6) is 0.850. The van der Waals surface area contributed by atoms with Crippen LogP contribution in [0.4, 0.5) is 0 Å². The van der Waals surface area contributed by atoms with Crippen molar-refractivity contribution in [3.05, 3.63) is 53.2 Å². The van der Waals surface area contributed by atoms with Gasteiger partial charge in [-0.05, 0) is 12.1 Å². The highest BCUT2D eigenvalue weighted by molar-refractivity contribution is 6.29. The van der Waals surface area contributed by atoms with Gasteiger partial charge in [0.15, 0.2) is 6.29 Å². The second kappa shape index (κ2) is 4.55. The van der Waals surface area contributed by atoms with E-state index in [9.17, 15) is 4.79 Å². The maximum Gasteiger partial charge on any atom is 0.152 e. The van der Waals surface area contributed by atoms with Crippen molar-refractivity contribution in [2.24, 2.45) is 7.05 Å². The second-order valence-electron chi connectivity index (χ2n) is 4.40. The molecule has 2 aromatic heterocycles. The molecule has 4 nitrogen and oxygen atoms in total. The van der Waals surface area contributed by atoms with E-state index in [1.165, 1.54) is 0 Å². The van der Waals surface area contributed by atoms with Crippen LogP contribution in [0.2, 0.25) is 5.15 Å². The molecule has 3 rings (SSSR count). The Kier molecular flexibility index (Phi) is 2.87. The number of hydrogen-bond acceptors (Lipinski definition) is 2. The lowest BCUT2D eigenvalue weighted by Gasteiger charge is -2.07. The number of imidazole rings is 1. The number of fused-ring (bicyclic) bond motifs is 1. The van der Waals surface area contributed by atoms with Gasteiger partial charge in [0, 0.05) is 24.2 Å². The van der Waals surface area contributed by atoms with Gasteiger partial charge in [-0.1, -0.05) is 23.7 Å². The summed E-state index contributed by atoms with van der Waals surface area (Å²) in [6, 6.07) is 7.68. The molecule has 0 spiro atoms. The molecule has 19 heavy (non-hydrogen) atoms. The van der Waals surface area contributed by atoms with Gasteiger partial charge >= 0.3 is 0 Å². The zero-order valence-electron chi connectivity index (χ0n) is 10.4. The van der Waals surface area contributed by atoms with Gasteiger partial charge in [-0.2, -0.15) is 0 Å². The van der Waals surface area contributed by atoms with Crippen molar-refractivity contribution >= 4 is 28.8 Å². The number of carbonyl (C=O) groups excluding carboxylic acids is 1. The summed E-state index contributed by atoms with van der Waals surface area (Å²) in [6.07, 6.45) is 4.47. The quantitative estimate of drug-likeness (QED) is 0.689. The van der Waals surface area contributed by atoms with Crippen molar-refractivity contribution in [3.8, 4) is 0 Å². The van der Waals surface area contributed by atoms with Gasteiger partial charge in [-0.3, -0.25) is 4.79 Å². The Morgan fingerprint density at radius 2 is 2.21 bits per heavy atom. The van der Waals surface area contributed by atoms with E-state index in [1.54, 1.807) is 6.20 Å². The first-order valence-corrected chi connectivity index (χ1v) is 6.27. The lowest BCUT2D eigenvalue weighted by atomic mass is 10.1. The summed E-state index contributed by atoms with van der Waals surface area (Å²) in [5.41, 5.74) is 1.61. The molecule has 96 valence electrons. The molecule has 0 atom stereocenters. The summed E-state index contributed by atoms with van der Waals surface area (Å²) in [7, 11) is 1.87. The summed E-state index contributed by atoms with van der Waals surface area (Å²) < 4.78 is 3.84. The summed E-state index contributed by atoms with van der Waals surface area (Å²) in [6.45, 7) is 0.581. The van der Waals surface area contributed by atoms with Crippen LogP contribution in [0.15, 0.2) is 36.7 Å². The van der Waals surface area contributed by atoms with Crippen LogP contribution in [0, 0.1) is 0 Å². The van der Waals surface area contributed by atoms with E-state index in [1.807, 2.05) is 46.6 Å². The fourth-order valence-electron chi connectivity index (χ4n) is 2.24. The Hall–Kier alpha value is -2.07. The fourth-order valence-corrected chi connectivity index (χ4v) is 2.39. The second-order valence-corrected chi connectivity index (χ2v) is 4.79. The van der Waals surface area contributed by atoms with Crippen LogP contribution in [-0.4, -0.2) is 20.4 Å². The van der Waals surface area contributed by atoms with Gasteiger partial charge in [-0.15, -0.1) is 0 Å². The molecule has 2 heterocycles. The largest absolute Gasteiger partial charge is 0.339 e. The molecule has 1 aromatic carbocycles. The molecular formula is C14H12ClN3O. The molecule has 5 heteroatoms. The van der Waals surface area contributed by atoms with E-state index in [0.29, 0.717) is 17.3 Å². The average molecular weight is 274 g/mol. The number of hydrogen-bond donors (Lipinski definition) is 0. The number of carbonyl (C=O) groups is 1. The van der Waals surface area contributed by atoms with Gasteiger partial charge in [0.25, 0.3) is 0 Å². The van der Waals surface area contributed by atoms with Crippen LogP contribution >= 0.6 is 11.6 Å². The average Bonchev–Trinajstić information content (AvgIpc) is 2.98. The van der Waals surface area contributed by atoms with Crippen molar-refractivity contribution < 1.29 is 4.79 Å². The highest BCUT2D eigenvalue weighted by Crippen LogP contribution is 2.20. The molecule has 0 aliphatic carbocycles. The normalized spacial score (nSPS) is 11.1. The predicted molar refractivity (Wildman–Crippen MR) is 74.6 cm³/mol. The smallest absolute Gasteiger partial charge is 0.152 e. The van der Waals surface area contributed by atoms with Gasteiger partial charge in [0.1, 0.15) is 11.0 Å². The van der Waals surface area contributed by atoms with Crippen molar-refractivity contribution in [2.75, 3.05) is 0 Å². The zero-order valence-corrected chi connectivity index (χ0v) is 11.1. The zero-order chi connectivity index (χ0) is 13.4. The Balaban J connectivity index is 2.11. The van der Waals surface area contributed by atoms with Gasteiger partial charge < -0.3 is 9.13 Å². The molecule has 0 unspecified atom stereocenters. The lowest BCUT2D eigenvalue weighted by Crippen LogP contribution is -2.06. The maximum atomic E-state index is 11.1. The SMILES string of the molecule is Cn1c(Cl)cnc1Cn1ccc2cccc(C=O)c21. The Morgan fingerprint density at radius 3 is 2.89 bits per heavy atom. The molecule has 3 aromatic rings. The summed E-state index contributed by atoms with van der Waals surface area (Å²) in [5, 5.41) is 1.65. The van der Waals surface area contributed by atoms with Gasteiger partial charge in [-0.25, -0.2) is 4.98 Å². The third-order valence-corrected chi connectivity index (χ3v) is 3.64. The lowest BCUT2D eigenvalue weighted by molar-refractivity contribution is 0.112. The minimum absolute atomic E-state index is 0.581. The van der Waals surface area contributed by atoms with Crippen molar-refractivity contribution in [2.45, 2.75) is 6.54 Å². The van der Waals surface area contributed by atoms with Crippen molar-refractivity contribution in [1.29, 1.82) is 0 Å². The number of halogens is 1. The minimum atomic E-state index is 0.581. The van der Waals surface area contributed by atoms with E-state index < -0.39 is 0 Å². The highest BCUT2D eigenvalue weighted by atomic mass is 35.5. The van der Waals surface area contributed by atoms with Crippen LogP contribution in [-0.2, 0) is 13.6 Å². The number of nitrogens with zero attached hydrogens (tertiary/aromatic N) is 3. The van der Waals surface area contributed by atoms with Crippen LogP contribution in [0.25, 0.3) is 10.9 Å². The fraction of sp³-hybridized carbons (Fsp3) is 0.143. The van der Waals surface area contributed by atoms with Crippen LogP contribution < -0.4 is 0 Å². The highest BCUT2D eigenvalue weighted by Gasteiger charge is 2.09. The monoisotopic (exact) mass is 273 g/mol. The molecule has 0 saturated heterocycles. The Bertz CT molecular complexity index is 757. The number of rotatable bonds is 3. The Morgan fingerprint density at radius 1 is 1.37 bits per heavy atom. The van der Waals surface area contributed by atoms with Crippen LogP contribution in [0.3, 0.4) is 0 Å². The van der Waals surface area contributed by atoms with E-state index in [2.05, 4.69) is 4.98 Å². The number of benzene rings is 1. The van der Waals surface area contributed by atoms with Crippen molar-refractivity contribution in [3.63, 3.8) is 0 Å². The third kappa shape index (κ3) is 1.94. The number of para-hydroxylation sites is 1.